The Kier molecular flexibility index (Phi) is 1.41. The number of ketones is 1. The summed E-state index contributed by atoms with van der Waals surface area (Å²) in [6.07, 6.45) is 4.30. The number of epoxide rings is 1. The quantitative estimate of drug-likeness (QED) is 0.550. The predicted octanol–water partition coefficient (Wildman–Crippen LogP) is 1.45. The first-order chi connectivity index (χ1) is 6.53. The van der Waals surface area contributed by atoms with Gasteiger partial charge in [0.1, 0.15) is 11.2 Å². The van der Waals surface area contributed by atoms with Crippen molar-refractivity contribution in [3.8, 4) is 0 Å². The summed E-state index contributed by atoms with van der Waals surface area (Å²) in [5.41, 5.74) is -1.46. The molecule has 1 saturated carbocycles. The average molecular weight is 196 g/mol. The Labute approximate surface area is 83.8 Å². The molecule has 1 unspecified atom stereocenters. The Morgan fingerprint density at radius 3 is 2.29 bits per heavy atom. The zero-order valence-corrected chi connectivity index (χ0v) is 8.76. The smallest absolute Gasteiger partial charge is 0.201 e. The van der Waals surface area contributed by atoms with Crippen molar-refractivity contribution in [3.63, 3.8) is 0 Å². The van der Waals surface area contributed by atoms with E-state index in [0.717, 1.165) is 25.7 Å². The lowest BCUT2D eigenvalue weighted by molar-refractivity contribution is -0.133. The van der Waals surface area contributed by atoms with Crippen LogP contribution in [0.25, 0.3) is 0 Å². The maximum Gasteiger partial charge on any atom is 0.201 e. The van der Waals surface area contributed by atoms with Gasteiger partial charge in [-0.2, -0.15) is 0 Å². The summed E-state index contributed by atoms with van der Waals surface area (Å²) >= 11 is 0. The van der Waals surface area contributed by atoms with Gasteiger partial charge in [-0.25, -0.2) is 0 Å². The van der Waals surface area contributed by atoms with Crippen LogP contribution in [0.5, 0.6) is 0 Å². The molecule has 2 heterocycles. The Balaban J connectivity index is 2.05. The lowest BCUT2D eigenvalue weighted by Gasteiger charge is -2.27. The monoisotopic (exact) mass is 196 g/mol. The van der Waals surface area contributed by atoms with Gasteiger partial charge in [-0.3, -0.25) is 4.79 Å². The van der Waals surface area contributed by atoms with E-state index < -0.39 is 11.2 Å². The molecule has 2 spiro atoms. The van der Waals surface area contributed by atoms with Crippen molar-refractivity contribution in [2.75, 3.05) is 6.61 Å². The molecule has 1 aliphatic carbocycles. The second-order valence-corrected chi connectivity index (χ2v) is 5.26. The zero-order chi connectivity index (χ0) is 10.0. The third-order valence-corrected chi connectivity index (χ3v) is 3.94. The van der Waals surface area contributed by atoms with Crippen LogP contribution in [0.2, 0.25) is 0 Å². The minimum atomic E-state index is -0.638. The maximum absolute atomic E-state index is 12.1. The third kappa shape index (κ3) is 0.789. The Bertz CT molecular complexity index is 296. The van der Waals surface area contributed by atoms with E-state index in [1.165, 1.54) is 0 Å². The van der Waals surface area contributed by atoms with Gasteiger partial charge in [0.05, 0.1) is 6.61 Å². The SMILES string of the molecule is CC1(C)OC2(CCCC2)C2(CO2)C1=O. The van der Waals surface area contributed by atoms with E-state index in [4.69, 9.17) is 9.47 Å². The van der Waals surface area contributed by atoms with E-state index in [2.05, 4.69) is 0 Å². The molecule has 3 rings (SSSR count). The van der Waals surface area contributed by atoms with E-state index in [-0.39, 0.29) is 11.4 Å². The second kappa shape index (κ2) is 2.22. The number of carbonyl (C=O) groups excluding carboxylic acids is 1. The van der Waals surface area contributed by atoms with Crippen molar-refractivity contribution in [2.24, 2.45) is 0 Å². The zero-order valence-electron chi connectivity index (χ0n) is 8.76. The highest BCUT2D eigenvalue weighted by Crippen LogP contribution is 2.58. The molecule has 78 valence electrons. The van der Waals surface area contributed by atoms with Crippen LogP contribution in [0.1, 0.15) is 39.5 Å². The van der Waals surface area contributed by atoms with Crippen molar-refractivity contribution in [2.45, 2.75) is 56.3 Å². The second-order valence-electron chi connectivity index (χ2n) is 5.26. The normalized spacial score (nSPS) is 42.6. The summed E-state index contributed by atoms with van der Waals surface area (Å²) in [4.78, 5) is 12.1. The van der Waals surface area contributed by atoms with Crippen molar-refractivity contribution >= 4 is 5.78 Å². The van der Waals surface area contributed by atoms with Crippen molar-refractivity contribution < 1.29 is 14.3 Å². The number of hydrogen-bond acceptors (Lipinski definition) is 3. The van der Waals surface area contributed by atoms with Gasteiger partial charge >= 0.3 is 0 Å². The molecule has 3 fully saturated rings. The Morgan fingerprint density at radius 1 is 1.21 bits per heavy atom. The van der Waals surface area contributed by atoms with Crippen LogP contribution >= 0.6 is 0 Å². The van der Waals surface area contributed by atoms with Crippen LogP contribution < -0.4 is 0 Å². The number of carbonyl (C=O) groups is 1. The lowest BCUT2D eigenvalue weighted by Crippen LogP contribution is -2.43. The first kappa shape index (κ1) is 8.86. The van der Waals surface area contributed by atoms with Crippen LogP contribution in [0.15, 0.2) is 0 Å². The third-order valence-electron chi connectivity index (χ3n) is 3.94. The molecule has 0 aromatic carbocycles. The molecule has 2 aliphatic heterocycles. The van der Waals surface area contributed by atoms with Crippen LogP contribution in [-0.4, -0.2) is 29.2 Å². The van der Waals surface area contributed by atoms with Crippen molar-refractivity contribution in [3.05, 3.63) is 0 Å². The molecule has 2 saturated heterocycles. The number of ether oxygens (including phenoxy) is 2. The predicted molar refractivity (Wildman–Crippen MR) is 50.1 cm³/mol. The Hall–Kier alpha value is -0.410. The van der Waals surface area contributed by atoms with E-state index in [0.29, 0.717) is 6.61 Å². The van der Waals surface area contributed by atoms with Crippen molar-refractivity contribution in [1.82, 2.24) is 0 Å². The van der Waals surface area contributed by atoms with E-state index >= 15 is 0 Å². The largest absolute Gasteiger partial charge is 0.358 e. The highest BCUT2D eigenvalue weighted by molar-refractivity contribution is 5.99. The van der Waals surface area contributed by atoms with Gasteiger partial charge < -0.3 is 9.47 Å². The molecule has 0 aromatic heterocycles. The van der Waals surface area contributed by atoms with Gasteiger partial charge in [0, 0.05) is 0 Å². The van der Waals surface area contributed by atoms with Crippen LogP contribution in [0.3, 0.4) is 0 Å². The summed E-state index contributed by atoms with van der Waals surface area (Å²) in [6.45, 7) is 4.31. The topological polar surface area (TPSA) is 38.8 Å². The first-order valence-electron chi connectivity index (χ1n) is 5.42. The average Bonchev–Trinajstić information content (AvgIpc) is 2.78. The maximum atomic E-state index is 12.1. The molecule has 0 amide bonds. The summed E-state index contributed by atoms with van der Waals surface area (Å²) in [5.74, 6) is 0.159. The fourth-order valence-corrected chi connectivity index (χ4v) is 3.23. The lowest BCUT2D eigenvalue weighted by atomic mass is 9.83. The number of rotatable bonds is 0. The minimum Gasteiger partial charge on any atom is -0.358 e. The highest BCUT2D eigenvalue weighted by Gasteiger charge is 2.76. The Morgan fingerprint density at radius 2 is 1.79 bits per heavy atom. The van der Waals surface area contributed by atoms with E-state index in [9.17, 15) is 4.79 Å². The number of hydrogen-bond donors (Lipinski definition) is 0. The van der Waals surface area contributed by atoms with Crippen molar-refractivity contribution in [1.29, 1.82) is 0 Å². The molecule has 0 aromatic rings. The van der Waals surface area contributed by atoms with Gasteiger partial charge in [0.2, 0.25) is 5.78 Å². The molecule has 0 N–H and O–H groups in total. The molecule has 14 heavy (non-hydrogen) atoms. The van der Waals surface area contributed by atoms with Gasteiger partial charge in [0.25, 0.3) is 0 Å². The van der Waals surface area contributed by atoms with E-state index in [1.807, 2.05) is 13.8 Å². The fraction of sp³-hybridized carbons (Fsp3) is 0.909. The summed E-state index contributed by atoms with van der Waals surface area (Å²) in [5, 5.41) is 0. The standard InChI is InChI=1S/C11H16O3/c1-9(2)8(12)11(7-13-11)10(14-9)5-3-4-6-10/h3-7H2,1-2H3. The van der Waals surface area contributed by atoms with Crippen LogP contribution in [0.4, 0.5) is 0 Å². The van der Waals surface area contributed by atoms with Gasteiger partial charge in [-0.1, -0.05) is 12.8 Å². The minimum absolute atomic E-state index is 0.159. The van der Waals surface area contributed by atoms with Crippen LogP contribution in [0, 0.1) is 0 Å². The van der Waals surface area contributed by atoms with Gasteiger partial charge in [-0.15, -0.1) is 0 Å². The summed E-state index contributed by atoms with van der Waals surface area (Å²) in [6, 6.07) is 0. The molecule has 3 nitrogen and oxygen atoms in total. The molecular weight excluding hydrogens is 180 g/mol. The molecule has 3 aliphatic rings. The highest BCUT2D eigenvalue weighted by atomic mass is 16.7. The van der Waals surface area contributed by atoms with Gasteiger partial charge in [0.15, 0.2) is 5.60 Å². The number of Topliss-reactive ketones (excluding diaryl/α,β-unsaturated/α-hetero) is 1. The number of fused-ring (bicyclic) bond motifs is 1. The van der Waals surface area contributed by atoms with E-state index in [1.54, 1.807) is 0 Å². The molecule has 0 radical (unpaired) electrons. The summed E-state index contributed by atoms with van der Waals surface area (Å²) < 4.78 is 11.5. The van der Waals surface area contributed by atoms with Crippen LogP contribution in [-0.2, 0) is 14.3 Å². The molecule has 3 heteroatoms. The molecule has 0 bridgehead atoms. The molecule has 1 atom stereocenters. The molecular formula is C11H16O3. The van der Waals surface area contributed by atoms with Gasteiger partial charge in [-0.05, 0) is 26.7 Å². The fourth-order valence-electron chi connectivity index (χ4n) is 3.23. The first-order valence-corrected chi connectivity index (χ1v) is 5.42. The summed E-state index contributed by atoms with van der Waals surface area (Å²) in [7, 11) is 0.